The number of thiazole rings is 1. The molecule has 0 saturated carbocycles. The molecule has 2 aromatic carbocycles. The van der Waals surface area contributed by atoms with E-state index in [-0.39, 0.29) is 22.3 Å². The summed E-state index contributed by atoms with van der Waals surface area (Å²) in [6, 6.07) is 6.76. The zero-order valence-corrected chi connectivity index (χ0v) is 24.5. The van der Waals surface area contributed by atoms with E-state index in [0.717, 1.165) is 11.3 Å². The number of carbonyl (C=O) groups is 1. The van der Waals surface area contributed by atoms with Crippen molar-refractivity contribution in [3.05, 3.63) is 87.0 Å². The molecule has 2 heterocycles. The van der Waals surface area contributed by atoms with E-state index in [1.54, 1.807) is 25.1 Å². The van der Waals surface area contributed by atoms with E-state index in [2.05, 4.69) is 15.9 Å². The molecule has 0 unspecified atom stereocenters. The van der Waals surface area contributed by atoms with Gasteiger partial charge in [-0.15, -0.1) is 0 Å². The Morgan fingerprint density at radius 3 is 2.62 bits per heavy atom. The largest absolute Gasteiger partial charge is 0.502 e. The molecule has 0 aliphatic carbocycles. The van der Waals surface area contributed by atoms with Gasteiger partial charge in [0.05, 0.1) is 41.6 Å². The number of fused-ring (bicyclic) bond motifs is 1. The van der Waals surface area contributed by atoms with Gasteiger partial charge in [-0.3, -0.25) is 19.5 Å². The number of benzene rings is 2. The monoisotopic (exact) mass is 631 g/mol. The number of carbonyl (C=O) groups excluding carboxylic acids is 1. The Hall–Kier alpha value is -3.97. The first-order valence-corrected chi connectivity index (χ1v) is 13.9. The number of aromatic nitrogens is 1. The maximum atomic E-state index is 14.0. The first-order valence-electron chi connectivity index (χ1n) is 12.3. The van der Waals surface area contributed by atoms with Crippen molar-refractivity contribution in [1.29, 1.82) is 0 Å². The predicted molar refractivity (Wildman–Crippen MR) is 152 cm³/mol. The highest BCUT2D eigenvalue weighted by Gasteiger charge is 2.36. The SMILES string of the molecule is CCCC1=C(C(=O)OCC)[C@@H](c2cc(OC)ccc2OC)n2c(s/c(=C\c3cc(Br)cc([N+](=O)[O-])c3O)c2=O)=N1. The maximum Gasteiger partial charge on any atom is 0.338 e. The Balaban J connectivity index is 2.08. The summed E-state index contributed by atoms with van der Waals surface area (Å²) in [6.07, 6.45) is 2.49. The molecule has 1 aromatic heterocycles. The van der Waals surface area contributed by atoms with Crippen LogP contribution in [0.1, 0.15) is 43.9 Å². The Labute approximate surface area is 240 Å². The minimum absolute atomic E-state index is 0.0697. The van der Waals surface area contributed by atoms with Gasteiger partial charge in [0.1, 0.15) is 17.5 Å². The minimum atomic E-state index is -0.963. The number of halogens is 1. The lowest BCUT2D eigenvalue weighted by Gasteiger charge is -2.27. The van der Waals surface area contributed by atoms with Gasteiger partial charge in [-0.1, -0.05) is 40.6 Å². The van der Waals surface area contributed by atoms with Crippen molar-refractivity contribution in [2.24, 2.45) is 4.99 Å². The number of nitro groups is 1. The molecule has 0 spiro atoms. The van der Waals surface area contributed by atoms with E-state index >= 15 is 0 Å². The number of aromatic hydroxyl groups is 1. The second-order valence-electron chi connectivity index (χ2n) is 8.64. The van der Waals surface area contributed by atoms with Crippen molar-refractivity contribution in [1.82, 2.24) is 4.57 Å². The summed E-state index contributed by atoms with van der Waals surface area (Å²) in [5.41, 5.74) is 0.210. The first kappa shape index (κ1) is 29.0. The van der Waals surface area contributed by atoms with Gasteiger partial charge in [0.15, 0.2) is 4.80 Å². The smallest absolute Gasteiger partial charge is 0.338 e. The lowest BCUT2D eigenvalue weighted by molar-refractivity contribution is -0.385. The van der Waals surface area contributed by atoms with Crippen LogP contribution in [0.15, 0.2) is 55.9 Å². The third-order valence-corrected chi connectivity index (χ3v) is 7.63. The van der Waals surface area contributed by atoms with Crippen LogP contribution < -0.4 is 24.4 Å². The number of allylic oxidation sites excluding steroid dienone is 1. The van der Waals surface area contributed by atoms with E-state index in [1.165, 1.54) is 37.0 Å². The summed E-state index contributed by atoms with van der Waals surface area (Å²) in [4.78, 5) is 43.1. The molecule has 1 atom stereocenters. The van der Waals surface area contributed by atoms with Crippen LogP contribution in [-0.4, -0.2) is 41.4 Å². The van der Waals surface area contributed by atoms with Crippen LogP contribution >= 0.6 is 27.3 Å². The van der Waals surface area contributed by atoms with Gasteiger partial charge >= 0.3 is 11.7 Å². The molecule has 4 rings (SSSR count). The second kappa shape index (κ2) is 12.0. The van der Waals surface area contributed by atoms with Gasteiger partial charge in [-0.2, -0.15) is 0 Å². The van der Waals surface area contributed by atoms with Crippen LogP contribution in [0, 0.1) is 10.1 Å². The summed E-state index contributed by atoms with van der Waals surface area (Å²) in [6.45, 7) is 3.76. The summed E-state index contributed by atoms with van der Waals surface area (Å²) in [5, 5.41) is 22.0. The van der Waals surface area contributed by atoms with Crippen LogP contribution in [0.3, 0.4) is 0 Å². The molecular formula is C27H26BrN3O8S. The summed E-state index contributed by atoms with van der Waals surface area (Å²) in [5.74, 6) is -0.287. The van der Waals surface area contributed by atoms with Crippen molar-refractivity contribution in [2.45, 2.75) is 32.7 Å². The number of esters is 1. The van der Waals surface area contributed by atoms with Crippen LogP contribution in [0.5, 0.6) is 17.2 Å². The molecule has 40 heavy (non-hydrogen) atoms. The average Bonchev–Trinajstić information content (AvgIpc) is 3.23. The van der Waals surface area contributed by atoms with Crippen LogP contribution in [-0.2, 0) is 9.53 Å². The lowest BCUT2D eigenvalue weighted by Crippen LogP contribution is -2.40. The van der Waals surface area contributed by atoms with Gasteiger partial charge in [-0.25, -0.2) is 9.79 Å². The number of nitrogens with zero attached hydrogens (tertiary/aromatic N) is 3. The van der Waals surface area contributed by atoms with Gasteiger partial charge in [0.25, 0.3) is 5.56 Å². The molecule has 0 bridgehead atoms. The molecule has 0 fully saturated rings. The number of hydrogen-bond acceptors (Lipinski definition) is 10. The van der Waals surface area contributed by atoms with Crippen molar-refractivity contribution in [3.8, 4) is 17.2 Å². The third kappa shape index (κ3) is 5.39. The Bertz CT molecular complexity index is 1710. The van der Waals surface area contributed by atoms with E-state index < -0.39 is 33.9 Å². The minimum Gasteiger partial charge on any atom is -0.502 e. The molecule has 1 aliphatic heterocycles. The fourth-order valence-corrected chi connectivity index (χ4v) is 5.94. The van der Waals surface area contributed by atoms with Gasteiger partial charge in [0.2, 0.25) is 5.75 Å². The van der Waals surface area contributed by atoms with Crippen molar-refractivity contribution < 1.29 is 29.0 Å². The molecular weight excluding hydrogens is 606 g/mol. The van der Waals surface area contributed by atoms with E-state index in [9.17, 15) is 24.8 Å². The van der Waals surface area contributed by atoms with Crippen molar-refractivity contribution >= 4 is 45.0 Å². The first-order chi connectivity index (χ1) is 19.1. The topological polar surface area (TPSA) is 142 Å². The van der Waals surface area contributed by atoms with Crippen LogP contribution in [0.25, 0.3) is 6.08 Å². The van der Waals surface area contributed by atoms with Crippen molar-refractivity contribution in [2.75, 3.05) is 20.8 Å². The second-order valence-corrected chi connectivity index (χ2v) is 10.6. The summed E-state index contributed by atoms with van der Waals surface area (Å²) < 4.78 is 18.3. The number of phenols is 1. The highest BCUT2D eigenvalue weighted by Crippen LogP contribution is 2.39. The number of hydrogen-bond donors (Lipinski definition) is 1. The molecule has 13 heteroatoms. The average molecular weight is 632 g/mol. The number of nitro benzene ring substituents is 1. The number of rotatable bonds is 9. The van der Waals surface area contributed by atoms with E-state index in [4.69, 9.17) is 19.2 Å². The molecule has 1 aliphatic rings. The number of ether oxygens (including phenoxy) is 3. The third-order valence-electron chi connectivity index (χ3n) is 6.19. The van der Waals surface area contributed by atoms with Gasteiger partial charge in [-0.05, 0) is 43.7 Å². The Morgan fingerprint density at radius 2 is 2.00 bits per heavy atom. The van der Waals surface area contributed by atoms with E-state index in [1.807, 2.05) is 6.92 Å². The van der Waals surface area contributed by atoms with Crippen LogP contribution in [0.2, 0.25) is 0 Å². The maximum absolute atomic E-state index is 14.0. The standard InChI is InChI=1S/C27H26BrN3O8S/c1-5-7-18-22(26(34)39-6-2)23(17-13-16(37-3)8-9-20(17)38-4)30-25(33)21(40-27(30)29-18)11-14-10-15(28)12-19(24(14)32)31(35)36/h8-13,23,32H,5-7H2,1-4H3/b21-11-/t23-/m1/s1. The molecule has 1 N–H and O–H groups in total. The van der Waals surface area contributed by atoms with E-state index in [0.29, 0.717) is 44.9 Å². The molecule has 0 saturated heterocycles. The van der Waals surface area contributed by atoms with Crippen LogP contribution in [0.4, 0.5) is 5.69 Å². The normalized spacial score (nSPS) is 14.9. The molecule has 210 valence electrons. The van der Waals surface area contributed by atoms with Crippen molar-refractivity contribution in [3.63, 3.8) is 0 Å². The molecule has 3 aromatic rings. The number of phenolic OH excluding ortho intramolecular Hbond substituents is 1. The van der Waals surface area contributed by atoms with Gasteiger partial charge < -0.3 is 19.3 Å². The molecule has 0 amide bonds. The number of methoxy groups -OCH3 is 2. The predicted octanol–water partition coefficient (Wildman–Crippen LogP) is 3.97. The zero-order valence-electron chi connectivity index (χ0n) is 22.1. The Kier molecular flexibility index (Phi) is 8.74. The highest BCUT2D eigenvalue weighted by atomic mass is 79.9. The highest BCUT2D eigenvalue weighted by molar-refractivity contribution is 9.10. The lowest BCUT2D eigenvalue weighted by atomic mass is 9.93. The summed E-state index contributed by atoms with van der Waals surface area (Å²) >= 11 is 4.26. The molecule has 11 nitrogen and oxygen atoms in total. The fourth-order valence-electron chi connectivity index (χ4n) is 4.46. The molecule has 0 radical (unpaired) electrons. The zero-order chi connectivity index (χ0) is 29.1. The van der Waals surface area contributed by atoms with Gasteiger partial charge in [0, 0.05) is 21.7 Å². The Morgan fingerprint density at radius 1 is 1.25 bits per heavy atom. The quantitative estimate of drug-likeness (QED) is 0.212. The fraction of sp³-hybridized carbons (Fsp3) is 0.296. The summed E-state index contributed by atoms with van der Waals surface area (Å²) in [7, 11) is 2.99.